The number of hydrogen-bond donors (Lipinski definition) is 1. The topological polar surface area (TPSA) is 68.2 Å². The molecule has 0 aromatic carbocycles. The average Bonchev–Trinajstić information content (AvgIpc) is 2.70. The molecule has 2 atom stereocenters. The maximum absolute atomic E-state index is 5.65. The second kappa shape index (κ2) is 3.67. The maximum atomic E-state index is 5.65. The second-order valence-corrected chi connectivity index (χ2v) is 4.03. The van der Waals surface area contributed by atoms with Gasteiger partial charge in [-0.25, -0.2) is 0 Å². The predicted molar refractivity (Wildman–Crippen MR) is 51.8 cm³/mol. The van der Waals surface area contributed by atoms with E-state index in [4.69, 9.17) is 10.3 Å². The van der Waals surface area contributed by atoms with Gasteiger partial charge in [-0.3, -0.25) is 0 Å². The lowest BCUT2D eigenvalue weighted by atomic mass is 10.1. The minimum atomic E-state index is -0.171. The van der Waals surface area contributed by atoms with Crippen molar-refractivity contribution in [1.82, 2.24) is 15.0 Å². The van der Waals surface area contributed by atoms with Crippen LogP contribution in [0.3, 0.4) is 0 Å². The zero-order chi connectivity index (χ0) is 10.1. The van der Waals surface area contributed by atoms with Crippen LogP contribution in [-0.2, 0) is 0 Å². The van der Waals surface area contributed by atoms with Crippen molar-refractivity contribution in [2.45, 2.75) is 25.3 Å². The molecule has 1 saturated heterocycles. The fourth-order valence-electron chi connectivity index (χ4n) is 1.74. The lowest BCUT2D eigenvalue weighted by Crippen LogP contribution is -2.14. The highest BCUT2D eigenvalue weighted by molar-refractivity contribution is 5.01. The van der Waals surface area contributed by atoms with Gasteiger partial charge in [-0.2, -0.15) is 4.98 Å². The molecule has 5 heteroatoms. The molecule has 2 heterocycles. The van der Waals surface area contributed by atoms with E-state index in [0.29, 0.717) is 11.8 Å². The van der Waals surface area contributed by atoms with Gasteiger partial charge in [-0.1, -0.05) is 5.16 Å². The standard InChI is InChI=1S/C9H16N4O/c1-6(10)9-11-8(12-14-9)7-3-4-13(2)5-7/h6-7H,3-5,10H2,1-2H3/t6-,7?/m1/s1. The monoisotopic (exact) mass is 196 g/mol. The third-order valence-electron chi connectivity index (χ3n) is 2.60. The Morgan fingerprint density at radius 1 is 1.64 bits per heavy atom. The van der Waals surface area contributed by atoms with Crippen molar-refractivity contribution in [2.24, 2.45) is 5.73 Å². The van der Waals surface area contributed by atoms with Crippen molar-refractivity contribution in [3.05, 3.63) is 11.7 Å². The summed E-state index contributed by atoms with van der Waals surface area (Å²) in [6, 6.07) is -0.171. The molecule has 0 saturated carbocycles. The molecule has 2 rings (SSSR count). The van der Waals surface area contributed by atoms with Crippen LogP contribution in [0.5, 0.6) is 0 Å². The largest absolute Gasteiger partial charge is 0.338 e. The van der Waals surface area contributed by atoms with E-state index in [-0.39, 0.29) is 6.04 Å². The normalized spacial score (nSPS) is 25.5. The predicted octanol–water partition coefficient (Wildman–Crippen LogP) is 0.508. The molecule has 1 aromatic heterocycles. The molecule has 1 fully saturated rings. The van der Waals surface area contributed by atoms with E-state index in [0.717, 1.165) is 25.3 Å². The van der Waals surface area contributed by atoms with Gasteiger partial charge in [0.2, 0.25) is 5.89 Å². The van der Waals surface area contributed by atoms with Crippen molar-refractivity contribution in [3.8, 4) is 0 Å². The molecule has 1 aromatic rings. The smallest absolute Gasteiger partial charge is 0.243 e. The molecule has 0 amide bonds. The van der Waals surface area contributed by atoms with Gasteiger partial charge in [0.1, 0.15) is 0 Å². The molecule has 5 nitrogen and oxygen atoms in total. The summed E-state index contributed by atoms with van der Waals surface area (Å²) in [4.78, 5) is 6.57. The van der Waals surface area contributed by atoms with Crippen LogP contribution in [-0.4, -0.2) is 35.2 Å². The van der Waals surface area contributed by atoms with Gasteiger partial charge in [-0.15, -0.1) is 0 Å². The van der Waals surface area contributed by atoms with Gasteiger partial charge in [0.15, 0.2) is 5.82 Å². The fourth-order valence-corrected chi connectivity index (χ4v) is 1.74. The summed E-state index contributed by atoms with van der Waals surface area (Å²) in [7, 11) is 2.10. The van der Waals surface area contributed by atoms with E-state index in [2.05, 4.69) is 22.1 Å². The van der Waals surface area contributed by atoms with E-state index < -0.39 is 0 Å². The Bertz CT molecular complexity index is 310. The molecule has 1 aliphatic heterocycles. The van der Waals surface area contributed by atoms with E-state index in [1.807, 2.05) is 6.92 Å². The van der Waals surface area contributed by atoms with E-state index in [9.17, 15) is 0 Å². The van der Waals surface area contributed by atoms with Crippen LogP contribution in [0.15, 0.2) is 4.52 Å². The number of likely N-dealkylation sites (N-methyl/N-ethyl adjacent to an activating group) is 1. The zero-order valence-corrected chi connectivity index (χ0v) is 8.60. The molecular weight excluding hydrogens is 180 g/mol. The van der Waals surface area contributed by atoms with Crippen molar-refractivity contribution in [1.29, 1.82) is 0 Å². The summed E-state index contributed by atoms with van der Waals surface area (Å²) < 4.78 is 5.07. The number of aromatic nitrogens is 2. The van der Waals surface area contributed by atoms with E-state index in [1.54, 1.807) is 0 Å². The highest BCUT2D eigenvalue weighted by Crippen LogP contribution is 2.24. The van der Waals surface area contributed by atoms with Crippen LogP contribution in [0.1, 0.15) is 37.0 Å². The highest BCUT2D eigenvalue weighted by Gasteiger charge is 2.25. The Kier molecular flexibility index (Phi) is 2.52. The van der Waals surface area contributed by atoms with E-state index in [1.165, 1.54) is 0 Å². The lowest BCUT2D eigenvalue weighted by Gasteiger charge is -2.05. The Labute approximate surface area is 83.3 Å². The number of nitrogens with two attached hydrogens (primary N) is 1. The van der Waals surface area contributed by atoms with Gasteiger partial charge >= 0.3 is 0 Å². The molecule has 1 aliphatic rings. The maximum Gasteiger partial charge on any atom is 0.243 e. The van der Waals surface area contributed by atoms with Gasteiger partial charge in [0.25, 0.3) is 0 Å². The first-order valence-corrected chi connectivity index (χ1v) is 4.94. The van der Waals surface area contributed by atoms with Crippen LogP contribution in [0.4, 0.5) is 0 Å². The Hall–Kier alpha value is -0.940. The summed E-state index contributed by atoms with van der Waals surface area (Å²) in [5.41, 5.74) is 5.65. The van der Waals surface area contributed by atoms with Crippen LogP contribution >= 0.6 is 0 Å². The third kappa shape index (κ3) is 1.78. The SMILES string of the molecule is C[C@@H](N)c1nc(C2CCN(C)C2)no1. The number of hydrogen-bond acceptors (Lipinski definition) is 5. The lowest BCUT2D eigenvalue weighted by molar-refractivity contribution is 0.353. The first-order chi connectivity index (χ1) is 6.66. The molecular formula is C9H16N4O. The quantitative estimate of drug-likeness (QED) is 0.746. The molecule has 0 bridgehead atoms. The minimum absolute atomic E-state index is 0.171. The Morgan fingerprint density at radius 3 is 2.93 bits per heavy atom. The minimum Gasteiger partial charge on any atom is -0.338 e. The van der Waals surface area contributed by atoms with Crippen molar-refractivity contribution >= 4 is 0 Å². The molecule has 2 N–H and O–H groups in total. The Morgan fingerprint density at radius 2 is 2.43 bits per heavy atom. The zero-order valence-electron chi connectivity index (χ0n) is 8.60. The summed E-state index contributed by atoms with van der Waals surface area (Å²) >= 11 is 0. The molecule has 1 unspecified atom stereocenters. The van der Waals surface area contributed by atoms with Crippen LogP contribution < -0.4 is 5.73 Å². The van der Waals surface area contributed by atoms with Crippen LogP contribution in [0.25, 0.3) is 0 Å². The molecule has 0 spiro atoms. The second-order valence-electron chi connectivity index (χ2n) is 4.03. The summed E-state index contributed by atoms with van der Waals surface area (Å²) in [6.45, 7) is 3.96. The highest BCUT2D eigenvalue weighted by atomic mass is 16.5. The van der Waals surface area contributed by atoms with Crippen molar-refractivity contribution in [3.63, 3.8) is 0 Å². The van der Waals surface area contributed by atoms with Gasteiger partial charge in [0, 0.05) is 12.5 Å². The van der Waals surface area contributed by atoms with Crippen LogP contribution in [0, 0.1) is 0 Å². The van der Waals surface area contributed by atoms with E-state index >= 15 is 0 Å². The Balaban J connectivity index is 2.09. The van der Waals surface area contributed by atoms with Gasteiger partial charge < -0.3 is 15.2 Å². The summed E-state index contributed by atoms with van der Waals surface area (Å²) in [5, 5.41) is 3.96. The van der Waals surface area contributed by atoms with Gasteiger partial charge in [-0.05, 0) is 26.9 Å². The number of likely N-dealkylation sites (tertiary alicyclic amines) is 1. The molecule has 0 radical (unpaired) electrons. The summed E-state index contributed by atoms with van der Waals surface area (Å²) in [6.07, 6.45) is 1.11. The molecule has 14 heavy (non-hydrogen) atoms. The first kappa shape index (κ1) is 9.61. The molecule has 78 valence electrons. The number of nitrogens with zero attached hydrogens (tertiary/aromatic N) is 3. The van der Waals surface area contributed by atoms with Crippen molar-refractivity contribution < 1.29 is 4.52 Å². The fraction of sp³-hybridized carbons (Fsp3) is 0.778. The molecule has 0 aliphatic carbocycles. The summed E-state index contributed by atoms with van der Waals surface area (Å²) in [5.74, 6) is 1.76. The first-order valence-electron chi connectivity index (χ1n) is 4.94. The van der Waals surface area contributed by atoms with Crippen LogP contribution in [0.2, 0.25) is 0 Å². The van der Waals surface area contributed by atoms with Gasteiger partial charge in [0.05, 0.1) is 6.04 Å². The van der Waals surface area contributed by atoms with Crippen molar-refractivity contribution in [2.75, 3.05) is 20.1 Å². The average molecular weight is 196 g/mol. The third-order valence-corrected chi connectivity index (χ3v) is 2.60. The number of rotatable bonds is 2.